The lowest BCUT2D eigenvalue weighted by Crippen LogP contribution is -3.12. The zero-order chi connectivity index (χ0) is 19.3. The molecule has 4 rings (SSSR count). The molecule has 2 N–H and O–H groups in total. The third-order valence-electron chi connectivity index (χ3n) is 4.88. The highest BCUT2D eigenvalue weighted by molar-refractivity contribution is 7.13. The summed E-state index contributed by atoms with van der Waals surface area (Å²) in [5.41, 5.74) is 1.02. The summed E-state index contributed by atoms with van der Waals surface area (Å²) in [5.74, 6) is 1.18. The van der Waals surface area contributed by atoms with Gasteiger partial charge in [0.1, 0.15) is 0 Å². The van der Waals surface area contributed by atoms with E-state index in [0.29, 0.717) is 24.4 Å². The van der Waals surface area contributed by atoms with E-state index in [9.17, 15) is 4.79 Å². The van der Waals surface area contributed by atoms with Gasteiger partial charge in [-0.2, -0.15) is 0 Å². The van der Waals surface area contributed by atoms with E-state index < -0.39 is 0 Å². The zero-order valence-corrected chi connectivity index (χ0v) is 16.7. The molecule has 28 heavy (non-hydrogen) atoms. The lowest BCUT2D eigenvalue weighted by molar-refractivity contribution is -0.936. The molecule has 0 bridgehead atoms. The second-order valence-corrected chi connectivity index (χ2v) is 8.14. The molecule has 1 amide bonds. The molecule has 0 radical (unpaired) electrons. The lowest BCUT2D eigenvalue weighted by atomic mass is 10.0. The second-order valence-electron chi connectivity index (χ2n) is 7.19. The monoisotopic (exact) mass is 397 g/mol. The van der Waals surface area contributed by atoms with Crippen molar-refractivity contribution in [2.75, 3.05) is 6.54 Å². The maximum absolute atomic E-state index is 13.1. The van der Waals surface area contributed by atoms with Crippen LogP contribution in [0.2, 0.25) is 0 Å². The number of nitrogens with one attached hydrogen (secondary N) is 2. The van der Waals surface area contributed by atoms with E-state index in [-0.39, 0.29) is 11.9 Å². The highest BCUT2D eigenvalue weighted by atomic mass is 32.1. The van der Waals surface area contributed by atoms with Crippen molar-refractivity contribution in [2.24, 2.45) is 0 Å². The quantitative estimate of drug-likeness (QED) is 0.582. The van der Waals surface area contributed by atoms with Crippen molar-refractivity contribution < 1.29 is 14.1 Å². The van der Waals surface area contributed by atoms with Crippen molar-refractivity contribution in [1.29, 1.82) is 0 Å². The van der Waals surface area contributed by atoms with E-state index in [2.05, 4.69) is 22.4 Å². The molecule has 2 aromatic heterocycles. The van der Waals surface area contributed by atoms with Gasteiger partial charge in [0, 0.05) is 11.6 Å². The van der Waals surface area contributed by atoms with Crippen LogP contribution in [0.15, 0.2) is 52.3 Å². The number of amides is 1. The van der Waals surface area contributed by atoms with E-state index >= 15 is 0 Å². The molecule has 3 aromatic rings. The van der Waals surface area contributed by atoms with Crippen LogP contribution in [0.1, 0.15) is 43.7 Å². The summed E-state index contributed by atoms with van der Waals surface area (Å²) in [6.07, 6.45) is 3.11. The minimum Gasteiger partial charge on any atom is -0.414 e. The smallest absolute Gasteiger partial charge is 0.283 e. The van der Waals surface area contributed by atoms with Crippen molar-refractivity contribution in [3.8, 4) is 10.8 Å². The summed E-state index contributed by atoms with van der Waals surface area (Å²) in [4.78, 5) is 15.2. The molecule has 1 aromatic carbocycles. The van der Waals surface area contributed by atoms with Crippen molar-refractivity contribution in [3.63, 3.8) is 0 Å². The number of aromatic nitrogens is 2. The molecular formula is C21H25N4O2S+. The average molecular weight is 398 g/mol. The van der Waals surface area contributed by atoms with Gasteiger partial charge in [-0.15, -0.1) is 21.5 Å². The maximum atomic E-state index is 13.1. The standard InChI is InChI=1S/C21H24N4O2S/c1-2-12-25(14-18-23-24-21(27-18)17-9-6-13-28-17)19(15-7-4-3-5-8-15)20(26)22-16-10-11-16/h3-9,13,16,19H,2,10-12,14H2,1H3,(H,22,26)/p+1/t19-/m1/s1. The van der Waals surface area contributed by atoms with E-state index in [1.807, 2.05) is 47.8 Å². The maximum Gasteiger partial charge on any atom is 0.283 e. The lowest BCUT2D eigenvalue weighted by Gasteiger charge is -2.27. The van der Waals surface area contributed by atoms with Crippen molar-refractivity contribution in [3.05, 3.63) is 59.3 Å². The predicted octanol–water partition coefficient (Wildman–Crippen LogP) is 2.61. The van der Waals surface area contributed by atoms with Gasteiger partial charge in [-0.25, -0.2) is 0 Å². The number of carbonyl (C=O) groups excluding carboxylic acids is 1. The van der Waals surface area contributed by atoms with Crippen molar-refractivity contribution in [2.45, 2.75) is 44.8 Å². The van der Waals surface area contributed by atoms with Gasteiger partial charge in [0.15, 0.2) is 12.6 Å². The minimum atomic E-state index is -0.293. The van der Waals surface area contributed by atoms with Crippen LogP contribution < -0.4 is 10.2 Å². The number of nitrogens with zero attached hydrogens (tertiary/aromatic N) is 2. The van der Waals surface area contributed by atoms with Crippen LogP contribution in [0.5, 0.6) is 0 Å². The Morgan fingerprint density at radius 1 is 1.25 bits per heavy atom. The molecular weight excluding hydrogens is 372 g/mol. The van der Waals surface area contributed by atoms with E-state index in [4.69, 9.17) is 4.42 Å². The van der Waals surface area contributed by atoms with Crippen LogP contribution in [-0.2, 0) is 11.3 Å². The molecule has 2 heterocycles. The Bertz CT molecular complexity index is 890. The minimum absolute atomic E-state index is 0.0788. The van der Waals surface area contributed by atoms with Gasteiger partial charge in [0.05, 0.1) is 11.4 Å². The molecule has 0 spiro atoms. The number of quaternary nitrogens is 1. The summed E-state index contributed by atoms with van der Waals surface area (Å²) in [6.45, 7) is 3.49. The molecule has 7 heteroatoms. The Hall–Kier alpha value is -2.51. The summed E-state index contributed by atoms with van der Waals surface area (Å²) in [6, 6.07) is 14.0. The van der Waals surface area contributed by atoms with Crippen LogP contribution >= 0.6 is 11.3 Å². The topological polar surface area (TPSA) is 72.5 Å². The van der Waals surface area contributed by atoms with Gasteiger partial charge in [-0.05, 0) is 30.7 Å². The zero-order valence-electron chi connectivity index (χ0n) is 15.9. The summed E-state index contributed by atoms with van der Waals surface area (Å²) in [5, 5.41) is 13.6. The number of thiophene rings is 1. The molecule has 0 saturated heterocycles. The number of hydrogen-bond donors (Lipinski definition) is 2. The van der Waals surface area contributed by atoms with Gasteiger partial charge in [-0.1, -0.05) is 43.3 Å². The second kappa shape index (κ2) is 8.67. The normalized spacial score (nSPS) is 15.9. The first kappa shape index (κ1) is 18.8. The first-order valence-electron chi connectivity index (χ1n) is 9.80. The highest BCUT2D eigenvalue weighted by Gasteiger charge is 2.35. The molecule has 146 valence electrons. The molecule has 1 unspecified atom stereocenters. The van der Waals surface area contributed by atoms with E-state index in [1.165, 1.54) is 0 Å². The number of benzene rings is 1. The van der Waals surface area contributed by atoms with Gasteiger partial charge in [-0.3, -0.25) is 4.79 Å². The predicted molar refractivity (Wildman–Crippen MR) is 108 cm³/mol. The van der Waals surface area contributed by atoms with Gasteiger partial charge in [0.2, 0.25) is 0 Å². The Morgan fingerprint density at radius 2 is 2.07 bits per heavy atom. The van der Waals surface area contributed by atoms with Gasteiger partial charge >= 0.3 is 0 Å². The molecule has 1 aliphatic carbocycles. The van der Waals surface area contributed by atoms with E-state index in [1.54, 1.807) is 11.3 Å². The van der Waals surface area contributed by atoms with Gasteiger partial charge in [0.25, 0.3) is 17.7 Å². The summed E-state index contributed by atoms with van der Waals surface area (Å²) < 4.78 is 5.90. The summed E-state index contributed by atoms with van der Waals surface area (Å²) in [7, 11) is 0. The molecule has 1 saturated carbocycles. The molecule has 1 aliphatic rings. The average Bonchev–Trinajstić information content (AvgIpc) is 3.17. The third kappa shape index (κ3) is 4.48. The first-order chi connectivity index (χ1) is 13.7. The Labute approximate surface area is 168 Å². The molecule has 2 atom stereocenters. The largest absolute Gasteiger partial charge is 0.414 e. The van der Waals surface area contributed by atoms with Crippen LogP contribution in [0.3, 0.4) is 0 Å². The Kier molecular flexibility index (Phi) is 5.83. The van der Waals surface area contributed by atoms with Crippen LogP contribution in [0, 0.1) is 0 Å². The number of carbonyl (C=O) groups is 1. The van der Waals surface area contributed by atoms with Crippen LogP contribution in [-0.4, -0.2) is 28.7 Å². The highest BCUT2D eigenvalue weighted by Crippen LogP contribution is 2.23. The first-order valence-corrected chi connectivity index (χ1v) is 10.7. The summed E-state index contributed by atoms with van der Waals surface area (Å²) >= 11 is 1.57. The fraction of sp³-hybridized carbons (Fsp3) is 0.381. The Balaban J connectivity index is 1.58. The van der Waals surface area contributed by atoms with E-state index in [0.717, 1.165) is 41.1 Å². The molecule has 6 nitrogen and oxygen atoms in total. The van der Waals surface area contributed by atoms with Crippen LogP contribution in [0.25, 0.3) is 10.8 Å². The SMILES string of the molecule is CCC[NH+](Cc1nnc(-c2cccs2)o1)[C@@H](C(=O)NC1CC1)c1ccccc1. The molecule has 1 fully saturated rings. The fourth-order valence-corrected chi connectivity index (χ4v) is 4.05. The van der Waals surface area contributed by atoms with Crippen LogP contribution in [0.4, 0.5) is 0 Å². The fourth-order valence-electron chi connectivity index (χ4n) is 3.41. The number of hydrogen-bond acceptors (Lipinski definition) is 5. The van der Waals surface area contributed by atoms with Crippen molar-refractivity contribution >= 4 is 17.2 Å². The third-order valence-corrected chi connectivity index (χ3v) is 5.73. The van der Waals surface area contributed by atoms with Gasteiger partial charge < -0.3 is 14.6 Å². The van der Waals surface area contributed by atoms with Crippen molar-refractivity contribution in [1.82, 2.24) is 15.5 Å². The Morgan fingerprint density at radius 3 is 2.75 bits per heavy atom. The molecule has 0 aliphatic heterocycles. The number of rotatable bonds is 9.